The van der Waals surface area contributed by atoms with E-state index < -0.39 is 29.8 Å². The maximum absolute atomic E-state index is 13.2. The third-order valence-electron chi connectivity index (χ3n) is 10.1. The van der Waals surface area contributed by atoms with E-state index in [4.69, 9.17) is 20.2 Å². The molecule has 0 saturated heterocycles. The fraction of sp³-hybridized carbons (Fsp3) is 0.149. The molecule has 1 aromatic heterocycles. The van der Waals surface area contributed by atoms with Crippen molar-refractivity contribution in [1.82, 2.24) is 9.55 Å². The van der Waals surface area contributed by atoms with Gasteiger partial charge in [0.2, 0.25) is 0 Å². The molecule has 0 saturated carbocycles. The number of nitrogens with two attached hydrogens (primary N) is 1. The number of ether oxygens (including phenoxy) is 2. The number of amides is 2. The zero-order valence-corrected chi connectivity index (χ0v) is 33.2. The van der Waals surface area contributed by atoms with E-state index in [9.17, 15) is 32.7 Å². The molecule has 7 aromatic rings. The molecule has 0 spiro atoms. The highest BCUT2D eigenvalue weighted by molar-refractivity contribution is 6.12. The van der Waals surface area contributed by atoms with E-state index in [2.05, 4.69) is 5.32 Å². The molecular weight excluding hydrogens is 788 g/mol. The molecule has 2 amide bonds. The standard InChI is InChI=1S/C47H40F3N5O6/c1-28-23-36(24-29(2)43(28)55(46(51)59)33-17-15-32(16-18-33)47(48,49)50)61-35-21-22-39-41(26-35)54(3)42(53-39)27-60-34-19-13-30(14-20-34)25-40(45(57)58)52-38-12-8-7-11-37(38)44(56)31-9-5-4-6-10-31/h4-24,26,40,52H,25,27H2,1-3H3,(H2,51,59)(H,57,58). The molecule has 61 heavy (non-hydrogen) atoms. The predicted octanol–water partition coefficient (Wildman–Crippen LogP) is 10.1. The number of hydrogen-bond acceptors (Lipinski definition) is 7. The lowest BCUT2D eigenvalue weighted by atomic mass is 10.00. The summed E-state index contributed by atoms with van der Waals surface area (Å²) in [6, 6.07) is 34.0. The number of rotatable bonds is 14. The molecule has 7 rings (SSSR count). The number of hydrogen-bond donors (Lipinski definition) is 3. The van der Waals surface area contributed by atoms with Gasteiger partial charge < -0.3 is 30.2 Å². The van der Waals surface area contributed by atoms with Gasteiger partial charge in [0.25, 0.3) is 0 Å². The summed E-state index contributed by atoms with van der Waals surface area (Å²) >= 11 is 0. The van der Waals surface area contributed by atoms with Gasteiger partial charge in [0.05, 0.1) is 28.0 Å². The number of ketones is 1. The fourth-order valence-electron chi connectivity index (χ4n) is 7.09. The minimum absolute atomic E-state index is 0.140. The Kier molecular flexibility index (Phi) is 11.8. The highest BCUT2D eigenvalue weighted by Gasteiger charge is 2.31. The number of aliphatic carboxylic acids is 1. The van der Waals surface area contributed by atoms with E-state index in [0.29, 0.717) is 62.2 Å². The number of nitrogens with zero attached hydrogens (tertiary/aromatic N) is 3. The van der Waals surface area contributed by atoms with Gasteiger partial charge in [-0.25, -0.2) is 14.6 Å². The number of aromatic nitrogens is 2. The average molecular weight is 828 g/mol. The van der Waals surface area contributed by atoms with Crippen LogP contribution in [0.2, 0.25) is 0 Å². The van der Waals surface area contributed by atoms with Gasteiger partial charge in [0.15, 0.2) is 5.78 Å². The molecule has 4 N–H and O–H groups in total. The molecular formula is C47H40F3N5O6. The first kappa shape index (κ1) is 41.5. The van der Waals surface area contributed by atoms with Gasteiger partial charge >= 0.3 is 18.2 Å². The molecule has 0 bridgehead atoms. The van der Waals surface area contributed by atoms with Crippen LogP contribution in [0.15, 0.2) is 133 Å². The van der Waals surface area contributed by atoms with Crippen LogP contribution < -0.4 is 25.4 Å². The Morgan fingerprint density at radius 3 is 2.10 bits per heavy atom. The Morgan fingerprint density at radius 1 is 0.820 bits per heavy atom. The van der Waals surface area contributed by atoms with Crippen LogP contribution >= 0.6 is 0 Å². The summed E-state index contributed by atoms with van der Waals surface area (Å²) in [6.45, 7) is 3.64. The fourth-order valence-corrected chi connectivity index (χ4v) is 7.09. The number of nitrogens with one attached hydrogen (secondary N) is 1. The van der Waals surface area contributed by atoms with Crippen molar-refractivity contribution in [3.63, 3.8) is 0 Å². The van der Waals surface area contributed by atoms with Gasteiger partial charge in [-0.3, -0.25) is 9.69 Å². The molecule has 1 atom stereocenters. The number of carboxylic acids is 1. The number of benzene rings is 6. The van der Waals surface area contributed by atoms with E-state index >= 15 is 0 Å². The Morgan fingerprint density at radius 2 is 1.46 bits per heavy atom. The summed E-state index contributed by atoms with van der Waals surface area (Å²) in [7, 11) is 1.86. The first-order valence-electron chi connectivity index (χ1n) is 19.1. The summed E-state index contributed by atoms with van der Waals surface area (Å²) < 4.78 is 53.7. The second kappa shape index (κ2) is 17.3. The number of carbonyl (C=O) groups is 3. The van der Waals surface area contributed by atoms with Crippen LogP contribution in [0.4, 0.5) is 35.0 Å². The second-order valence-electron chi connectivity index (χ2n) is 14.4. The Bertz CT molecular complexity index is 2710. The minimum atomic E-state index is -4.52. The lowest BCUT2D eigenvalue weighted by Crippen LogP contribution is -2.32. The normalized spacial score (nSPS) is 11.8. The number of anilines is 3. The number of alkyl halides is 3. The van der Waals surface area contributed by atoms with Crippen LogP contribution in [-0.4, -0.2) is 38.5 Å². The number of carbonyl (C=O) groups excluding carboxylic acids is 2. The van der Waals surface area contributed by atoms with Crippen LogP contribution in [0.5, 0.6) is 17.2 Å². The first-order valence-corrected chi connectivity index (χ1v) is 19.1. The summed E-state index contributed by atoms with van der Waals surface area (Å²) in [5.41, 5.74) is 10.3. The molecule has 0 radical (unpaired) electrons. The molecule has 0 aliphatic carbocycles. The number of para-hydroxylation sites is 1. The van der Waals surface area contributed by atoms with Gasteiger partial charge in [-0.15, -0.1) is 0 Å². The number of imidazole rings is 1. The lowest BCUT2D eigenvalue weighted by Gasteiger charge is -2.25. The van der Waals surface area contributed by atoms with Crippen molar-refractivity contribution in [1.29, 1.82) is 0 Å². The molecule has 1 unspecified atom stereocenters. The van der Waals surface area contributed by atoms with Crippen LogP contribution in [0.3, 0.4) is 0 Å². The second-order valence-corrected chi connectivity index (χ2v) is 14.4. The highest BCUT2D eigenvalue weighted by atomic mass is 19.4. The lowest BCUT2D eigenvalue weighted by molar-refractivity contribution is -0.138. The van der Waals surface area contributed by atoms with Crippen molar-refractivity contribution in [2.24, 2.45) is 12.8 Å². The maximum atomic E-state index is 13.2. The minimum Gasteiger partial charge on any atom is -0.486 e. The molecule has 0 aliphatic heterocycles. The first-order chi connectivity index (χ1) is 29.2. The molecule has 0 fully saturated rings. The molecule has 1 heterocycles. The molecule has 11 nitrogen and oxygen atoms in total. The van der Waals surface area contributed by atoms with E-state index in [-0.39, 0.29) is 24.5 Å². The Hall–Kier alpha value is -7.61. The Labute approximate surface area is 348 Å². The largest absolute Gasteiger partial charge is 0.486 e. The van der Waals surface area contributed by atoms with Crippen molar-refractivity contribution in [2.45, 2.75) is 39.1 Å². The number of primary amides is 1. The van der Waals surface area contributed by atoms with Crippen molar-refractivity contribution < 1.29 is 42.1 Å². The topological polar surface area (TPSA) is 149 Å². The zero-order chi connectivity index (χ0) is 43.4. The van der Waals surface area contributed by atoms with Gasteiger partial charge in [-0.2, -0.15) is 13.2 Å². The Balaban J connectivity index is 1.00. The van der Waals surface area contributed by atoms with Gasteiger partial charge in [-0.05, 0) is 103 Å². The molecule has 0 aliphatic rings. The van der Waals surface area contributed by atoms with E-state index in [1.165, 1.54) is 17.0 Å². The van der Waals surface area contributed by atoms with E-state index in [1.807, 2.05) is 29.8 Å². The number of fused-ring (bicyclic) bond motifs is 1. The average Bonchev–Trinajstić information content (AvgIpc) is 3.55. The van der Waals surface area contributed by atoms with Crippen molar-refractivity contribution in [3.8, 4) is 17.2 Å². The summed E-state index contributed by atoms with van der Waals surface area (Å²) in [6.07, 6.45) is -4.37. The number of carboxylic acid groups (broad SMARTS) is 1. The molecule has 310 valence electrons. The van der Waals surface area contributed by atoms with Gasteiger partial charge in [0.1, 0.15) is 35.7 Å². The number of aryl methyl sites for hydroxylation is 3. The quantitative estimate of drug-likeness (QED) is 0.0918. The predicted molar refractivity (Wildman–Crippen MR) is 226 cm³/mol. The smallest absolute Gasteiger partial charge is 0.416 e. The number of halogens is 3. The summed E-state index contributed by atoms with van der Waals surface area (Å²) in [5.74, 6) is 0.906. The monoisotopic (exact) mass is 827 g/mol. The van der Waals surface area contributed by atoms with Crippen molar-refractivity contribution in [2.75, 3.05) is 10.2 Å². The van der Waals surface area contributed by atoms with Gasteiger partial charge in [0, 0.05) is 36.3 Å². The third kappa shape index (κ3) is 9.33. The van der Waals surface area contributed by atoms with Crippen molar-refractivity contribution in [3.05, 3.63) is 173 Å². The SMILES string of the molecule is Cc1cc(Oc2ccc3nc(COc4ccc(CC(Nc5ccccc5C(=O)c5ccccc5)C(=O)O)cc4)n(C)c3c2)cc(C)c1N(C(N)=O)c1ccc(C(F)(F)F)cc1. The van der Waals surface area contributed by atoms with E-state index in [1.54, 1.807) is 105 Å². The van der Waals surface area contributed by atoms with Crippen LogP contribution in [0.1, 0.15) is 44.0 Å². The van der Waals surface area contributed by atoms with Crippen LogP contribution in [0, 0.1) is 13.8 Å². The van der Waals surface area contributed by atoms with E-state index in [0.717, 1.165) is 23.2 Å². The highest BCUT2D eigenvalue weighted by Crippen LogP contribution is 2.38. The molecule has 14 heteroatoms. The zero-order valence-electron chi connectivity index (χ0n) is 33.2. The maximum Gasteiger partial charge on any atom is 0.416 e. The summed E-state index contributed by atoms with van der Waals surface area (Å²) in [4.78, 5) is 44.0. The van der Waals surface area contributed by atoms with Crippen LogP contribution in [-0.2, 0) is 31.0 Å². The van der Waals surface area contributed by atoms with Gasteiger partial charge in [-0.1, -0.05) is 54.6 Å². The summed E-state index contributed by atoms with van der Waals surface area (Å²) in [5, 5.41) is 13.1. The number of urea groups is 1. The van der Waals surface area contributed by atoms with Crippen LogP contribution in [0.25, 0.3) is 11.0 Å². The van der Waals surface area contributed by atoms with Crippen molar-refractivity contribution >= 4 is 45.9 Å². The third-order valence-corrected chi connectivity index (χ3v) is 10.1. The molecule has 6 aromatic carbocycles.